The van der Waals surface area contributed by atoms with Crippen molar-refractivity contribution in [3.63, 3.8) is 0 Å². The Hall–Kier alpha value is -1.54. The number of carbonyl (C=O) groups excluding carboxylic acids is 2. The lowest BCUT2D eigenvalue weighted by Crippen LogP contribution is -2.53. The largest absolute Gasteiger partial charge is 0.355 e. The van der Waals surface area contributed by atoms with Crippen LogP contribution < -0.4 is 10.2 Å². The maximum atomic E-state index is 11.8. The van der Waals surface area contributed by atoms with Crippen molar-refractivity contribution in [2.45, 2.75) is 44.8 Å². The molecule has 1 aliphatic rings. The molecule has 26 heavy (non-hydrogen) atoms. The lowest BCUT2D eigenvalue weighted by Gasteiger charge is -2.40. The molecule has 0 spiro atoms. The number of thioether (sulfide) groups is 1. The van der Waals surface area contributed by atoms with E-state index in [9.17, 15) is 9.59 Å². The van der Waals surface area contributed by atoms with Gasteiger partial charge in [-0.2, -0.15) is 0 Å². The number of nitrogens with zero attached hydrogens (tertiary/aromatic N) is 4. The van der Waals surface area contributed by atoms with Crippen LogP contribution in [0.3, 0.4) is 0 Å². The molecular weight excluding hydrogens is 374 g/mol. The maximum Gasteiger partial charge on any atom is 0.230 e. The lowest BCUT2D eigenvalue weighted by molar-refractivity contribution is -0.131. The summed E-state index contributed by atoms with van der Waals surface area (Å²) in [6, 6.07) is 1.83. The van der Waals surface area contributed by atoms with Gasteiger partial charge in [-0.3, -0.25) is 9.59 Å². The number of unbranched alkanes of at least 4 members (excludes halogenated alkanes) is 1. The van der Waals surface area contributed by atoms with Gasteiger partial charge in [0.25, 0.3) is 0 Å². The van der Waals surface area contributed by atoms with Crippen molar-refractivity contribution in [2.75, 3.05) is 36.8 Å². The van der Waals surface area contributed by atoms with E-state index in [0.717, 1.165) is 18.7 Å². The first-order valence-corrected chi connectivity index (χ1v) is 10.2. The van der Waals surface area contributed by atoms with E-state index in [1.54, 1.807) is 13.0 Å². The van der Waals surface area contributed by atoms with E-state index in [1.165, 1.54) is 11.8 Å². The van der Waals surface area contributed by atoms with E-state index >= 15 is 0 Å². The number of halogens is 1. The fourth-order valence-corrected chi connectivity index (χ4v) is 3.74. The molecule has 1 N–H and O–H groups in total. The Labute approximate surface area is 163 Å². The van der Waals surface area contributed by atoms with Crippen molar-refractivity contribution in [1.29, 1.82) is 0 Å². The van der Waals surface area contributed by atoms with Gasteiger partial charge in [0.05, 0.1) is 5.75 Å². The Morgan fingerprint density at radius 1 is 1.38 bits per heavy atom. The number of hydrogen-bond donors (Lipinski definition) is 1. The molecule has 1 atom stereocenters. The fourth-order valence-electron chi connectivity index (χ4n) is 2.83. The number of aromatic nitrogens is 2. The van der Waals surface area contributed by atoms with Crippen LogP contribution in [0, 0.1) is 0 Å². The average Bonchev–Trinajstić information content (AvgIpc) is 2.59. The molecule has 0 radical (unpaired) electrons. The van der Waals surface area contributed by atoms with Gasteiger partial charge in [0.1, 0.15) is 11.0 Å². The highest BCUT2D eigenvalue weighted by Crippen LogP contribution is 2.24. The molecule has 1 aromatic heterocycles. The predicted octanol–water partition coefficient (Wildman–Crippen LogP) is 2.20. The number of anilines is 1. The summed E-state index contributed by atoms with van der Waals surface area (Å²) < 4.78 is 0. The molecule has 0 bridgehead atoms. The first-order chi connectivity index (χ1) is 12.4. The van der Waals surface area contributed by atoms with Gasteiger partial charge in [-0.1, -0.05) is 36.7 Å². The van der Waals surface area contributed by atoms with Gasteiger partial charge in [0.2, 0.25) is 11.8 Å². The smallest absolute Gasteiger partial charge is 0.230 e. The Bertz CT molecular complexity index is 646. The first-order valence-electron chi connectivity index (χ1n) is 8.87. The van der Waals surface area contributed by atoms with Crippen LogP contribution in [0.5, 0.6) is 0 Å². The minimum Gasteiger partial charge on any atom is -0.355 e. The topological polar surface area (TPSA) is 78.4 Å². The van der Waals surface area contributed by atoms with Crippen LogP contribution in [0.4, 0.5) is 5.82 Å². The first kappa shape index (κ1) is 20.8. The third-order valence-corrected chi connectivity index (χ3v) is 5.24. The standard InChI is InChI=1S/C17H26ClN5O2S/c1-4-5-6-19-16(25)11-26-17-20-14(18)9-15(21-17)22-7-8-23(13(3)24)12(2)10-22/h9,12H,4-8,10-11H2,1-3H3,(H,19,25)/t12-/m0/s1. The Kier molecular flexibility index (Phi) is 7.96. The molecule has 1 saturated heterocycles. The number of hydrogen-bond acceptors (Lipinski definition) is 6. The number of amides is 2. The Morgan fingerprint density at radius 2 is 2.15 bits per heavy atom. The molecule has 0 unspecified atom stereocenters. The van der Waals surface area contributed by atoms with Gasteiger partial charge < -0.3 is 15.1 Å². The molecule has 1 aliphatic heterocycles. The number of nitrogens with one attached hydrogen (secondary N) is 1. The fraction of sp³-hybridized carbons (Fsp3) is 0.647. The van der Waals surface area contributed by atoms with Crippen LogP contribution in [0.25, 0.3) is 0 Å². The second-order valence-corrected chi connectivity index (χ2v) is 7.66. The molecule has 144 valence electrons. The van der Waals surface area contributed by atoms with Crippen molar-refractivity contribution in [1.82, 2.24) is 20.2 Å². The molecular formula is C17H26ClN5O2S. The number of carbonyl (C=O) groups is 2. The second kappa shape index (κ2) is 9.97. The Morgan fingerprint density at radius 3 is 2.81 bits per heavy atom. The molecule has 1 fully saturated rings. The summed E-state index contributed by atoms with van der Waals surface area (Å²) in [5, 5.41) is 3.71. The molecule has 2 amide bonds. The van der Waals surface area contributed by atoms with Crippen molar-refractivity contribution < 1.29 is 9.59 Å². The van der Waals surface area contributed by atoms with E-state index in [-0.39, 0.29) is 23.6 Å². The van der Waals surface area contributed by atoms with Gasteiger partial charge in [-0.25, -0.2) is 9.97 Å². The van der Waals surface area contributed by atoms with E-state index in [0.29, 0.717) is 36.5 Å². The molecule has 9 heteroatoms. The van der Waals surface area contributed by atoms with Crippen LogP contribution in [0.15, 0.2) is 11.2 Å². The molecule has 2 heterocycles. The van der Waals surface area contributed by atoms with E-state index in [2.05, 4.69) is 27.1 Å². The highest BCUT2D eigenvalue weighted by molar-refractivity contribution is 7.99. The van der Waals surface area contributed by atoms with Crippen LogP contribution in [0.1, 0.15) is 33.6 Å². The minimum atomic E-state index is -0.0303. The van der Waals surface area contributed by atoms with Gasteiger partial charge in [0, 0.05) is 45.2 Å². The maximum absolute atomic E-state index is 11.8. The quantitative estimate of drug-likeness (QED) is 0.328. The van der Waals surface area contributed by atoms with Crippen molar-refractivity contribution in [3.05, 3.63) is 11.2 Å². The molecule has 0 saturated carbocycles. The van der Waals surface area contributed by atoms with Gasteiger partial charge in [0.15, 0.2) is 5.16 Å². The number of rotatable bonds is 7. The highest BCUT2D eigenvalue weighted by Gasteiger charge is 2.26. The molecule has 0 aliphatic carbocycles. The van der Waals surface area contributed by atoms with Gasteiger partial charge >= 0.3 is 0 Å². The van der Waals surface area contributed by atoms with Crippen molar-refractivity contribution in [3.8, 4) is 0 Å². The molecule has 1 aromatic rings. The van der Waals surface area contributed by atoms with Gasteiger partial charge in [-0.05, 0) is 13.3 Å². The predicted molar refractivity (Wildman–Crippen MR) is 105 cm³/mol. The third kappa shape index (κ3) is 6.02. The summed E-state index contributed by atoms with van der Waals surface area (Å²) in [6.45, 7) is 8.42. The summed E-state index contributed by atoms with van der Waals surface area (Å²) in [7, 11) is 0. The number of piperazine rings is 1. The zero-order valence-electron chi connectivity index (χ0n) is 15.5. The van der Waals surface area contributed by atoms with Crippen LogP contribution >= 0.6 is 23.4 Å². The Balaban J connectivity index is 1.97. The van der Waals surface area contributed by atoms with Gasteiger partial charge in [-0.15, -0.1) is 0 Å². The van der Waals surface area contributed by atoms with E-state index in [4.69, 9.17) is 11.6 Å². The van der Waals surface area contributed by atoms with Crippen molar-refractivity contribution >= 4 is 41.0 Å². The summed E-state index contributed by atoms with van der Waals surface area (Å²) in [5.41, 5.74) is 0. The lowest BCUT2D eigenvalue weighted by atomic mass is 10.2. The van der Waals surface area contributed by atoms with Crippen molar-refractivity contribution in [2.24, 2.45) is 0 Å². The molecule has 2 rings (SSSR count). The van der Waals surface area contributed by atoms with E-state index < -0.39 is 0 Å². The second-order valence-electron chi connectivity index (χ2n) is 6.33. The summed E-state index contributed by atoms with van der Waals surface area (Å²) in [4.78, 5) is 36.2. The minimum absolute atomic E-state index is 0.0303. The van der Waals surface area contributed by atoms with Crippen LogP contribution in [-0.2, 0) is 9.59 Å². The monoisotopic (exact) mass is 399 g/mol. The zero-order valence-corrected chi connectivity index (χ0v) is 17.1. The van der Waals surface area contributed by atoms with E-state index in [1.807, 2.05) is 11.8 Å². The van der Waals surface area contributed by atoms with Crippen LogP contribution in [-0.4, -0.2) is 64.7 Å². The van der Waals surface area contributed by atoms with Crippen LogP contribution in [0.2, 0.25) is 5.15 Å². The molecule has 0 aromatic carbocycles. The average molecular weight is 400 g/mol. The summed E-state index contributed by atoms with van der Waals surface area (Å²) in [6.07, 6.45) is 2.02. The molecule has 7 nitrogen and oxygen atoms in total. The highest BCUT2D eigenvalue weighted by atomic mass is 35.5. The SMILES string of the molecule is CCCCNC(=O)CSc1nc(Cl)cc(N2CCN(C(C)=O)[C@@H](C)C2)n1. The third-order valence-electron chi connectivity index (χ3n) is 4.20. The summed E-state index contributed by atoms with van der Waals surface area (Å²) >= 11 is 7.42. The summed E-state index contributed by atoms with van der Waals surface area (Å²) in [5.74, 6) is 1.05. The normalized spacial score (nSPS) is 17.3. The zero-order chi connectivity index (χ0) is 19.1.